The Balaban J connectivity index is 1.67. The summed E-state index contributed by atoms with van der Waals surface area (Å²) < 4.78 is 0. The first kappa shape index (κ1) is 18.3. The maximum absolute atomic E-state index is 12.8. The van der Waals surface area contributed by atoms with Gasteiger partial charge < -0.3 is 5.32 Å². The zero-order chi connectivity index (χ0) is 18.7. The maximum Gasteiger partial charge on any atom is 0.236 e. The van der Waals surface area contributed by atoms with Crippen molar-refractivity contribution in [2.24, 2.45) is 5.41 Å². The number of carbonyl (C=O) groups excluding carboxylic acids is 4. The Kier molecular flexibility index (Phi) is 5.20. The van der Waals surface area contributed by atoms with E-state index in [1.54, 1.807) is 31.2 Å². The number of imide groups is 1. The Hall–Kier alpha value is -2.50. The molecule has 3 rings (SSSR count). The molecule has 2 fully saturated rings. The molecular weight excluding hydrogens is 332 g/mol. The van der Waals surface area contributed by atoms with Crippen LogP contribution in [-0.4, -0.2) is 34.9 Å². The van der Waals surface area contributed by atoms with Crippen LogP contribution in [0.15, 0.2) is 24.3 Å². The van der Waals surface area contributed by atoms with Gasteiger partial charge in [-0.3, -0.25) is 24.1 Å². The Bertz CT molecular complexity index is 733. The third-order valence-electron chi connectivity index (χ3n) is 5.41. The van der Waals surface area contributed by atoms with Crippen molar-refractivity contribution in [2.45, 2.75) is 51.9 Å². The molecule has 1 spiro atoms. The Morgan fingerprint density at radius 3 is 2.35 bits per heavy atom. The van der Waals surface area contributed by atoms with Crippen molar-refractivity contribution in [3.8, 4) is 0 Å². The third kappa shape index (κ3) is 3.54. The van der Waals surface area contributed by atoms with E-state index in [9.17, 15) is 19.2 Å². The van der Waals surface area contributed by atoms with Crippen molar-refractivity contribution in [1.82, 2.24) is 4.90 Å². The molecule has 1 heterocycles. The zero-order valence-electron chi connectivity index (χ0n) is 15.0. The fourth-order valence-electron chi connectivity index (χ4n) is 3.86. The van der Waals surface area contributed by atoms with Gasteiger partial charge in [-0.15, -0.1) is 0 Å². The molecule has 1 aromatic carbocycles. The molecule has 6 nitrogen and oxygen atoms in total. The number of hydrogen-bond acceptors (Lipinski definition) is 4. The van der Waals surface area contributed by atoms with E-state index in [2.05, 4.69) is 5.32 Å². The molecule has 1 aliphatic heterocycles. The molecule has 0 bridgehead atoms. The van der Waals surface area contributed by atoms with Crippen molar-refractivity contribution < 1.29 is 19.2 Å². The van der Waals surface area contributed by atoms with Crippen molar-refractivity contribution >= 4 is 29.2 Å². The number of hydrogen-bond donors (Lipinski definition) is 1. The Morgan fingerprint density at radius 1 is 1.08 bits per heavy atom. The lowest BCUT2D eigenvalue weighted by Gasteiger charge is -2.30. The summed E-state index contributed by atoms with van der Waals surface area (Å²) in [6.07, 6.45) is 5.13. The second kappa shape index (κ2) is 7.40. The number of benzene rings is 1. The minimum absolute atomic E-state index is 0.102. The molecule has 0 aromatic heterocycles. The van der Waals surface area contributed by atoms with Crippen LogP contribution >= 0.6 is 0 Å². The van der Waals surface area contributed by atoms with Gasteiger partial charge in [-0.1, -0.05) is 26.2 Å². The summed E-state index contributed by atoms with van der Waals surface area (Å²) in [5.41, 5.74) is 0.469. The van der Waals surface area contributed by atoms with Gasteiger partial charge >= 0.3 is 0 Å². The average molecular weight is 356 g/mol. The van der Waals surface area contributed by atoms with Gasteiger partial charge in [-0.2, -0.15) is 0 Å². The highest BCUT2D eigenvalue weighted by Gasteiger charge is 2.51. The first-order chi connectivity index (χ1) is 12.4. The van der Waals surface area contributed by atoms with Crippen LogP contribution in [0.4, 0.5) is 5.69 Å². The van der Waals surface area contributed by atoms with Crippen LogP contribution in [0.25, 0.3) is 0 Å². The largest absolute Gasteiger partial charge is 0.326 e. The van der Waals surface area contributed by atoms with Crippen LogP contribution in [-0.2, 0) is 14.4 Å². The summed E-state index contributed by atoms with van der Waals surface area (Å²) in [4.78, 5) is 50.2. The minimum Gasteiger partial charge on any atom is -0.326 e. The highest BCUT2D eigenvalue weighted by atomic mass is 16.2. The van der Waals surface area contributed by atoms with Gasteiger partial charge in [0, 0.05) is 24.1 Å². The molecular formula is C20H24N2O4. The topological polar surface area (TPSA) is 83.6 Å². The number of amides is 3. The molecule has 0 unspecified atom stereocenters. The van der Waals surface area contributed by atoms with Crippen LogP contribution in [0.5, 0.6) is 0 Å². The standard InChI is InChI=1S/C20H24N2O4/c1-2-17(24)21-15-8-6-14(7-9-15)16(23)13-22-18(25)12-20(19(22)26)10-4-3-5-11-20/h6-9H,2-5,10-13H2,1H3,(H,21,24). The van der Waals surface area contributed by atoms with Gasteiger partial charge in [0.05, 0.1) is 12.0 Å². The lowest BCUT2D eigenvalue weighted by atomic mass is 9.73. The molecule has 1 saturated heterocycles. The van der Waals surface area contributed by atoms with E-state index < -0.39 is 5.41 Å². The summed E-state index contributed by atoms with van der Waals surface area (Å²) >= 11 is 0. The molecule has 1 aromatic rings. The molecule has 138 valence electrons. The average Bonchev–Trinajstić information content (AvgIpc) is 2.86. The van der Waals surface area contributed by atoms with Gasteiger partial charge in [0.1, 0.15) is 0 Å². The molecule has 0 atom stereocenters. The van der Waals surface area contributed by atoms with Gasteiger partial charge in [0.25, 0.3) is 0 Å². The lowest BCUT2D eigenvalue weighted by molar-refractivity contribution is -0.141. The van der Waals surface area contributed by atoms with Crippen LogP contribution in [0, 0.1) is 5.41 Å². The van der Waals surface area contributed by atoms with Crippen molar-refractivity contribution in [2.75, 3.05) is 11.9 Å². The highest BCUT2D eigenvalue weighted by molar-refractivity contribution is 6.10. The minimum atomic E-state index is -0.566. The second-order valence-corrected chi connectivity index (χ2v) is 7.21. The number of nitrogens with one attached hydrogen (secondary N) is 1. The summed E-state index contributed by atoms with van der Waals surface area (Å²) in [5.74, 6) is -0.789. The third-order valence-corrected chi connectivity index (χ3v) is 5.41. The van der Waals surface area contributed by atoms with E-state index in [1.807, 2.05) is 0 Å². The number of ketones is 1. The van der Waals surface area contributed by atoms with E-state index in [-0.39, 0.29) is 36.5 Å². The summed E-state index contributed by atoms with van der Waals surface area (Å²) in [7, 11) is 0. The first-order valence-corrected chi connectivity index (χ1v) is 9.23. The SMILES string of the molecule is CCC(=O)Nc1ccc(C(=O)CN2C(=O)CC3(CCCCC3)C2=O)cc1. The molecule has 2 aliphatic rings. The van der Waals surface area contributed by atoms with Crippen molar-refractivity contribution in [3.63, 3.8) is 0 Å². The molecule has 6 heteroatoms. The normalized spacial score (nSPS) is 19.0. The maximum atomic E-state index is 12.8. The molecule has 1 saturated carbocycles. The summed E-state index contributed by atoms with van der Waals surface area (Å²) in [5, 5.41) is 2.71. The monoisotopic (exact) mass is 356 g/mol. The fraction of sp³-hybridized carbons (Fsp3) is 0.500. The number of Topliss-reactive ketones (excluding diaryl/α,β-unsaturated/α-hetero) is 1. The van der Waals surface area contributed by atoms with E-state index in [4.69, 9.17) is 0 Å². The predicted octanol–water partition coefficient (Wildman–Crippen LogP) is 2.93. The molecule has 0 radical (unpaired) electrons. The van der Waals surface area contributed by atoms with Crippen molar-refractivity contribution in [3.05, 3.63) is 29.8 Å². The number of anilines is 1. The van der Waals surface area contributed by atoms with Gasteiger partial charge in [-0.05, 0) is 37.1 Å². The Labute approximate surface area is 152 Å². The van der Waals surface area contributed by atoms with Crippen LogP contribution in [0.3, 0.4) is 0 Å². The Morgan fingerprint density at radius 2 is 1.73 bits per heavy atom. The van der Waals surface area contributed by atoms with Crippen molar-refractivity contribution in [1.29, 1.82) is 0 Å². The smallest absolute Gasteiger partial charge is 0.236 e. The first-order valence-electron chi connectivity index (χ1n) is 9.23. The summed E-state index contributed by atoms with van der Waals surface area (Å²) in [6.45, 7) is 1.55. The van der Waals surface area contributed by atoms with Gasteiger partial charge in [-0.25, -0.2) is 0 Å². The van der Waals surface area contributed by atoms with Crippen LogP contribution in [0.1, 0.15) is 62.2 Å². The lowest BCUT2D eigenvalue weighted by Crippen LogP contribution is -2.39. The molecule has 3 amide bonds. The van der Waals surface area contributed by atoms with E-state index in [1.165, 1.54) is 0 Å². The number of rotatable bonds is 5. The van der Waals surface area contributed by atoms with Crippen LogP contribution < -0.4 is 5.32 Å². The molecule has 1 N–H and O–H groups in total. The summed E-state index contributed by atoms with van der Waals surface area (Å²) in [6, 6.07) is 6.51. The predicted molar refractivity (Wildman–Crippen MR) is 96.5 cm³/mol. The number of likely N-dealkylation sites (tertiary alicyclic amines) is 1. The number of carbonyl (C=O) groups is 4. The molecule has 26 heavy (non-hydrogen) atoms. The quantitative estimate of drug-likeness (QED) is 0.649. The van der Waals surface area contributed by atoms with E-state index >= 15 is 0 Å². The second-order valence-electron chi connectivity index (χ2n) is 7.21. The van der Waals surface area contributed by atoms with Crippen LogP contribution in [0.2, 0.25) is 0 Å². The van der Waals surface area contributed by atoms with E-state index in [0.717, 1.165) is 37.0 Å². The highest BCUT2D eigenvalue weighted by Crippen LogP contribution is 2.45. The molecule has 1 aliphatic carbocycles. The van der Waals surface area contributed by atoms with E-state index in [0.29, 0.717) is 17.7 Å². The fourth-order valence-corrected chi connectivity index (χ4v) is 3.86. The zero-order valence-corrected chi connectivity index (χ0v) is 15.0. The van der Waals surface area contributed by atoms with Gasteiger partial charge in [0.2, 0.25) is 17.7 Å². The van der Waals surface area contributed by atoms with Gasteiger partial charge in [0.15, 0.2) is 5.78 Å². The number of nitrogens with zero attached hydrogens (tertiary/aromatic N) is 1.